The van der Waals surface area contributed by atoms with Crippen molar-refractivity contribution in [1.29, 1.82) is 0 Å². The van der Waals surface area contributed by atoms with Crippen molar-refractivity contribution in [2.24, 2.45) is 5.92 Å². The normalized spacial score (nSPS) is 19.9. The second-order valence-corrected chi connectivity index (χ2v) is 7.93. The van der Waals surface area contributed by atoms with E-state index in [1.54, 1.807) is 12.1 Å². The van der Waals surface area contributed by atoms with Crippen LogP contribution in [0.25, 0.3) is 0 Å². The number of rotatable bonds is 5. The van der Waals surface area contributed by atoms with E-state index in [9.17, 15) is 12.8 Å². The van der Waals surface area contributed by atoms with E-state index in [2.05, 4.69) is 5.32 Å². The highest BCUT2D eigenvalue weighted by Gasteiger charge is 2.33. The first-order valence-electron chi connectivity index (χ1n) is 7.36. The smallest absolute Gasteiger partial charge is 0.214 e. The second kappa shape index (κ2) is 8.24. The molecular weight excluding hydrogens is 327 g/mol. The fourth-order valence-electron chi connectivity index (χ4n) is 2.52. The summed E-state index contributed by atoms with van der Waals surface area (Å²) in [7, 11) is -3.32. The van der Waals surface area contributed by atoms with Crippen molar-refractivity contribution in [3.8, 4) is 0 Å². The average molecular weight is 351 g/mol. The summed E-state index contributed by atoms with van der Waals surface area (Å²) in [6.45, 7) is 5.60. The molecule has 0 radical (unpaired) electrons. The van der Waals surface area contributed by atoms with Gasteiger partial charge in [-0.05, 0) is 30.0 Å². The number of hydrogen-bond acceptors (Lipinski definition) is 3. The molecule has 1 atom stereocenters. The number of hydrogen-bond donors (Lipinski definition) is 1. The number of piperazine rings is 1. The minimum absolute atomic E-state index is 0. The Morgan fingerprint density at radius 1 is 1.41 bits per heavy atom. The van der Waals surface area contributed by atoms with E-state index in [1.807, 2.05) is 13.8 Å². The van der Waals surface area contributed by atoms with Gasteiger partial charge < -0.3 is 5.32 Å². The molecule has 0 aliphatic carbocycles. The molecule has 1 aromatic carbocycles. The van der Waals surface area contributed by atoms with E-state index in [0.29, 0.717) is 37.5 Å². The van der Waals surface area contributed by atoms with Crippen molar-refractivity contribution in [2.75, 3.05) is 25.4 Å². The first-order valence-corrected chi connectivity index (χ1v) is 8.97. The van der Waals surface area contributed by atoms with Gasteiger partial charge in [0.25, 0.3) is 0 Å². The van der Waals surface area contributed by atoms with E-state index >= 15 is 0 Å². The molecule has 1 aromatic rings. The zero-order valence-electron chi connectivity index (χ0n) is 13.0. The second-order valence-electron chi connectivity index (χ2n) is 5.88. The summed E-state index contributed by atoms with van der Waals surface area (Å²) in [6.07, 6.45) is 0.641. The number of halogens is 2. The van der Waals surface area contributed by atoms with Gasteiger partial charge in [0.2, 0.25) is 10.0 Å². The molecule has 0 bridgehead atoms. The number of sulfonamides is 1. The third-order valence-electron chi connectivity index (χ3n) is 3.74. The molecule has 1 aliphatic rings. The molecule has 1 fully saturated rings. The van der Waals surface area contributed by atoms with E-state index in [-0.39, 0.29) is 30.0 Å². The number of benzene rings is 1. The van der Waals surface area contributed by atoms with E-state index in [0.717, 1.165) is 0 Å². The van der Waals surface area contributed by atoms with Crippen LogP contribution in [-0.4, -0.2) is 38.1 Å². The lowest BCUT2D eigenvalue weighted by molar-refractivity contribution is 0.270. The van der Waals surface area contributed by atoms with Gasteiger partial charge in [0, 0.05) is 19.6 Å². The van der Waals surface area contributed by atoms with Crippen LogP contribution in [0.2, 0.25) is 0 Å². The molecule has 1 N–H and O–H groups in total. The summed E-state index contributed by atoms with van der Waals surface area (Å²) in [6, 6.07) is 5.87. The van der Waals surface area contributed by atoms with Crippen LogP contribution in [0.15, 0.2) is 24.3 Å². The van der Waals surface area contributed by atoms with Crippen molar-refractivity contribution >= 4 is 22.4 Å². The van der Waals surface area contributed by atoms with Gasteiger partial charge >= 0.3 is 0 Å². The third-order valence-corrected chi connectivity index (χ3v) is 5.64. The Morgan fingerprint density at radius 3 is 2.77 bits per heavy atom. The highest BCUT2D eigenvalue weighted by molar-refractivity contribution is 7.89. The van der Waals surface area contributed by atoms with E-state index in [1.165, 1.54) is 16.4 Å². The summed E-state index contributed by atoms with van der Waals surface area (Å²) >= 11 is 0. The van der Waals surface area contributed by atoms with Crippen molar-refractivity contribution in [2.45, 2.75) is 26.3 Å². The number of nitrogens with one attached hydrogen (secondary N) is 1. The van der Waals surface area contributed by atoms with Crippen molar-refractivity contribution < 1.29 is 12.8 Å². The first kappa shape index (κ1) is 19.4. The topological polar surface area (TPSA) is 49.4 Å². The van der Waals surface area contributed by atoms with Crippen LogP contribution in [0, 0.1) is 11.7 Å². The van der Waals surface area contributed by atoms with Crippen LogP contribution in [0.3, 0.4) is 0 Å². The molecule has 22 heavy (non-hydrogen) atoms. The summed E-state index contributed by atoms with van der Waals surface area (Å²) in [4.78, 5) is 0. The molecule has 1 heterocycles. The highest BCUT2D eigenvalue weighted by Crippen LogP contribution is 2.26. The molecule has 126 valence electrons. The molecule has 0 aromatic heterocycles. The van der Waals surface area contributed by atoms with Gasteiger partial charge in [-0.15, -0.1) is 12.4 Å². The average Bonchev–Trinajstić information content (AvgIpc) is 2.45. The Hall–Kier alpha value is -0.690. The first-order chi connectivity index (χ1) is 9.90. The minimum atomic E-state index is -3.32. The van der Waals surface area contributed by atoms with Gasteiger partial charge in [0.05, 0.1) is 11.8 Å². The molecule has 1 aliphatic heterocycles. The minimum Gasteiger partial charge on any atom is -0.313 e. The zero-order chi connectivity index (χ0) is 15.5. The summed E-state index contributed by atoms with van der Waals surface area (Å²) in [5, 5.41) is 3.19. The molecule has 2 rings (SSSR count). The Balaban J connectivity index is 0.00000242. The quantitative estimate of drug-likeness (QED) is 0.888. The molecule has 7 heteroatoms. The van der Waals surface area contributed by atoms with Crippen LogP contribution in [0.1, 0.15) is 31.9 Å². The maximum atomic E-state index is 13.4. The Labute approximate surface area is 138 Å². The van der Waals surface area contributed by atoms with E-state index in [4.69, 9.17) is 0 Å². The fourth-order valence-corrected chi connectivity index (χ4v) is 4.48. The van der Waals surface area contributed by atoms with Crippen LogP contribution in [-0.2, 0) is 10.0 Å². The molecule has 0 saturated carbocycles. The highest BCUT2D eigenvalue weighted by atomic mass is 35.5. The van der Waals surface area contributed by atoms with Gasteiger partial charge in [0.15, 0.2) is 0 Å². The lowest BCUT2D eigenvalue weighted by Gasteiger charge is -2.35. The summed E-state index contributed by atoms with van der Waals surface area (Å²) in [5.41, 5.74) is 0.704. The van der Waals surface area contributed by atoms with Gasteiger partial charge in [-0.2, -0.15) is 4.31 Å². The molecule has 4 nitrogen and oxygen atoms in total. The van der Waals surface area contributed by atoms with Gasteiger partial charge in [-0.1, -0.05) is 26.0 Å². The van der Waals surface area contributed by atoms with Crippen molar-refractivity contribution in [3.05, 3.63) is 35.6 Å². The lowest BCUT2D eigenvalue weighted by Crippen LogP contribution is -2.49. The Bertz CT molecular complexity index is 581. The molecule has 1 saturated heterocycles. The molecule has 1 unspecified atom stereocenters. The van der Waals surface area contributed by atoms with Gasteiger partial charge in [-0.25, -0.2) is 12.8 Å². The fraction of sp³-hybridized carbons (Fsp3) is 0.600. The predicted molar refractivity (Wildman–Crippen MR) is 89.2 cm³/mol. The van der Waals surface area contributed by atoms with Crippen LogP contribution in [0.5, 0.6) is 0 Å². The SMILES string of the molecule is CC(C)CCS(=O)(=O)N1CCNCC1c1cccc(F)c1.Cl. The zero-order valence-corrected chi connectivity index (χ0v) is 14.6. The van der Waals surface area contributed by atoms with Crippen LogP contribution in [0.4, 0.5) is 4.39 Å². The van der Waals surface area contributed by atoms with Gasteiger partial charge in [-0.3, -0.25) is 0 Å². The molecule has 0 amide bonds. The van der Waals surface area contributed by atoms with Crippen LogP contribution >= 0.6 is 12.4 Å². The predicted octanol–water partition coefficient (Wildman–Crippen LogP) is 2.57. The molecular formula is C15H24ClFN2O2S. The van der Waals surface area contributed by atoms with Crippen molar-refractivity contribution in [3.63, 3.8) is 0 Å². The summed E-state index contributed by atoms with van der Waals surface area (Å²) in [5.74, 6) is 0.157. The third kappa shape index (κ3) is 4.91. The maximum absolute atomic E-state index is 13.4. The largest absolute Gasteiger partial charge is 0.313 e. The maximum Gasteiger partial charge on any atom is 0.214 e. The van der Waals surface area contributed by atoms with E-state index < -0.39 is 10.0 Å². The standard InChI is InChI=1S/C15H23FN2O2S.ClH/c1-12(2)6-9-21(19,20)18-8-7-17-11-15(18)13-4-3-5-14(16)10-13;/h3-5,10,12,15,17H,6-9,11H2,1-2H3;1H. The molecule has 0 spiro atoms. The number of nitrogens with zero attached hydrogens (tertiary/aromatic N) is 1. The lowest BCUT2D eigenvalue weighted by atomic mass is 10.1. The summed E-state index contributed by atoms with van der Waals surface area (Å²) < 4.78 is 40.1. The Morgan fingerprint density at radius 2 is 2.14 bits per heavy atom. The van der Waals surface area contributed by atoms with Crippen LogP contribution < -0.4 is 5.32 Å². The monoisotopic (exact) mass is 350 g/mol. The van der Waals surface area contributed by atoms with Crippen molar-refractivity contribution in [1.82, 2.24) is 9.62 Å². The van der Waals surface area contributed by atoms with Gasteiger partial charge in [0.1, 0.15) is 5.82 Å². The Kier molecular flexibility index (Phi) is 7.25.